The van der Waals surface area contributed by atoms with Crippen molar-refractivity contribution in [1.29, 1.82) is 0 Å². The minimum Gasteiger partial charge on any atom is -0.387 e. The van der Waals surface area contributed by atoms with Gasteiger partial charge < -0.3 is 35.8 Å². The van der Waals surface area contributed by atoms with Crippen LogP contribution in [0.2, 0.25) is 5.28 Å². The summed E-state index contributed by atoms with van der Waals surface area (Å²) >= 11 is 6.38. The molecule has 2 aromatic carbocycles. The summed E-state index contributed by atoms with van der Waals surface area (Å²) in [6.07, 6.45) is 2.47. The number of benzene rings is 2. The molecular weight excluding hydrogens is 579 g/mol. The molecule has 224 valence electrons. The van der Waals surface area contributed by atoms with Gasteiger partial charge in [-0.3, -0.25) is 4.57 Å². The molecule has 3 heterocycles. The highest BCUT2D eigenvalue weighted by atomic mass is 35.5. The van der Waals surface area contributed by atoms with Crippen LogP contribution in [0.4, 0.5) is 11.5 Å². The molecular formula is C29H36ClN6O5P. The van der Waals surface area contributed by atoms with Crippen molar-refractivity contribution >= 4 is 58.9 Å². The monoisotopic (exact) mass is 614 g/mol. The summed E-state index contributed by atoms with van der Waals surface area (Å²) in [4.78, 5) is 12.3. The van der Waals surface area contributed by atoms with E-state index < -0.39 is 30.4 Å². The highest BCUT2D eigenvalue weighted by molar-refractivity contribution is 7.49. The van der Waals surface area contributed by atoms with Gasteiger partial charge in [-0.05, 0) is 48.2 Å². The number of anilines is 2. The van der Waals surface area contributed by atoms with Gasteiger partial charge in [-0.25, -0.2) is 15.0 Å². The fourth-order valence-electron chi connectivity index (χ4n) is 5.88. The third kappa shape index (κ3) is 5.79. The summed E-state index contributed by atoms with van der Waals surface area (Å²) in [6, 6.07) is 12.1. The van der Waals surface area contributed by atoms with Gasteiger partial charge in [0.25, 0.3) is 0 Å². The number of hydrogen-bond acceptors (Lipinski definition) is 10. The number of aliphatic hydroxyl groups is 3. The van der Waals surface area contributed by atoms with Gasteiger partial charge in [0.2, 0.25) is 5.28 Å². The first-order chi connectivity index (χ1) is 20.3. The number of aliphatic hydroxyl groups excluding tert-OH is 3. The van der Waals surface area contributed by atoms with Gasteiger partial charge in [-0.2, -0.15) is 0 Å². The molecule has 4 aromatic rings. The summed E-state index contributed by atoms with van der Waals surface area (Å²) in [5.74, 6) is -1.01. The van der Waals surface area contributed by atoms with Crippen LogP contribution >= 0.6 is 20.2 Å². The molecule has 1 aliphatic heterocycles. The van der Waals surface area contributed by atoms with Crippen molar-refractivity contribution in [2.75, 3.05) is 17.7 Å². The summed E-state index contributed by atoms with van der Waals surface area (Å²) < 4.78 is 13.6. The lowest BCUT2D eigenvalue weighted by Gasteiger charge is -2.26. The van der Waals surface area contributed by atoms with Crippen LogP contribution in [0.15, 0.2) is 42.7 Å². The van der Waals surface area contributed by atoms with Crippen LogP contribution in [0.1, 0.15) is 45.3 Å². The molecule has 0 amide bonds. The number of fused-ring (bicyclic) bond motifs is 2. The van der Waals surface area contributed by atoms with Crippen LogP contribution in [0.3, 0.4) is 0 Å². The third-order valence-electron chi connectivity index (χ3n) is 8.06. The molecule has 13 heteroatoms. The largest absolute Gasteiger partial charge is 0.387 e. The molecule has 42 heavy (non-hydrogen) atoms. The van der Waals surface area contributed by atoms with Crippen molar-refractivity contribution < 1.29 is 24.8 Å². The average Bonchev–Trinajstić information content (AvgIpc) is 3.49. The van der Waals surface area contributed by atoms with E-state index in [1.165, 1.54) is 30.2 Å². The van der Waals surface area contributed by atoms with Gasteiger partial charge in [0.1, 0.15) is 30.5 Å². The van der Waals surface area contributed by atoms with Crippen LogP contribution in [0.5, 0.6) is 0 Å². The number of ether oxygens (including phenoxy) is 2. The molecule has 1 saturated heterocycles. The normalized spacial score (nSPS) is 25.1. The molecule has 6 rings (SSSR count). The zero-order valence-corrected chi connectivity index (χ0v) is 25.0. The highest BCUT2D eigenvalue weighted by Crippen LogP contribution is 2.40. The summed E-state index contributed by atoms with van der Waals surface area (Å²) in [5.41, 5.74) is 7.31. The van der Waals surface area contributed by atoms with Crippen molar-refractivity contribution in [3.8, 4) is 0 Å². The molecule has 0 radical (unpaired) electrons. The highest BCUT2D eigenvalue weighted by Gasteiger charge is 2.48. The number of imidazole rings is 1. The topological polar surface area (TPSA) is 161 Å². The lowest BCUT2D eigenvalue weighted by atomic mass is 9.98. The molecule has 2 unspecified atom stereocenters. The van der Waals surface area contributed by atoms with E-state index in [9.17, 15) is 15.3 Å². The first-order valence-corrected chi connectivity index (χ1v) is 15.8. The summed E-state index contributed by atoms with van der Waals surface area (Å²) in [7, 11) is -0.169. The van der Waals surface area contributed by atoms with Crippen LogP contribution in [-0.4, -0.2) is 77.7 Å². The van der Waals surface area contributed by atoms with Crippen LogP contribution in [0, 0.1) is 0 Å². The fourth-order valence-corrected chi connectivity index (χ4v) is 7.57. The number of nitrogens with one attached hydrogen (secondary N) is 1. The van der Waals surface area contributed by atoms with Gasteiger partial charge in [0, 0.05) is 17.0 Å². The Morgan fingerprint density at radius 1 is 1.14 bits per heavy atom. The number of nitrogens with zero attached hydrogens (tertiary/aromatic N) is 4. The van der Waals surface area contributed by atoms with E-state index in [1.807, 2.05) is 36.4 Å². The molecule has 7 atom stereocenters. The number of nitrogens with two attached hydrogens (primary N) is 1. The molecule has 6 N–H and O–H groups in total. The lowest BCUT2D eigenvalue weighted by molar-refractivity contribution is -0.0599. The van der Waals surface area contributed by atoms with E-state index >= 15 is 0 Å². The summed E-state index contributed by atoms with van der Waals surface area (Å²) in [5, 5.41) is 40.0. The zero-order valence-electron chi connectivity index (χ0n) is 23.2. The van der Waals surface area contributed by atoms with Crippen LogP contribution in [0.25, 0.3) is 21.9 Å². The van der Waals surface area contributed by atoms with Gasteiger partial charge in [-0.1, -0.05) is 58.2 Å². The zero-order chi connectivity index (χ0) is 29.4. The van der Waals surface area contributed by atoms with Gasteiger partial charge in [0.15, 0.2) is 23.2 Å². The summed E-state index contributed by atoms with van der Waals surface area (Å²) in [6.45, 7) is 2.66. The minimum atomic E-state index is -1.40. The molecule has 2 fully saturated rings. The smallest absolute Gasteiger partial charge is 0.207 e. The van der Waals surface area contributed by atoms with Crippen molar-refractivity contribution in [3.63, 3.8) is 0 Å². The average molecular weight is 615 g/mol. The van der Waals surface area contributed by atoms with Gasteiger partial charge in [-0.15, -0.1) is 0 Å². The Hall–Kier alpha value is -2.63. The Bertz CT molecular complexity index is 1550. The molecule has 0 bridgehead atoms. The Labute approximate surface area is 250 Å². The Kier molecular flexibility index (Phi) is 8.79. The second-order valence-electron chi connectivity index (χ2n) is 11.1. The maximum Gasteiger partial charge on any atom is 0.207 e. The molecule has 2 aliphatic rings. The number of rotatable bonds is 9. The second kappa shape index (κ2) is 12.5. The van der Waals surface area contributed by atoms with Crippen molar-refractivity contribution in [1.82, 2.24) is 19.5 Å². The van der Waals surface area contributed by atoms with E-state index in [-0.39, 0.29) is 36.9 Å². The second-order valence-corrected chi connectivity index (χ2v) is 12.8. The minimum absolute atomic E-state index is 0.0315. The maximum absolute atomic E-state index is 11.5. The number of hydrogen-bond donors (Lipinski definition) is 5. The van der Waals surface area contributed by atoms with Gasteiger partial charge in [0.05, 0.1) is 12.7 Å². The lowest BCUT2D eigenvalue weighted by Crippen LogP contribution is -2.37. The first-order valence-electron chi connectivity index (χ1n) is 14.3. The SMILES string of the molecule is C[C@@H](COC1CCCCC1)Nc1ccc2ccccc2c1PC(O)[C@H]1O[C@@H](n2c(Cl)nc3c(N)ncnc32)[C@H](O)[C@@H]1O. The standard InChI is InChI=1S/C29H36ClN6O5P/c1-15(13-40-17-8-3-2-4-9-17)34-19-12-11-16-7-5-6-10-18(16)24(19)42-28(39)23-21(37)22(38)27(41-23)36-26-20(35-29(36)30)25(31)32-14-33-26/h5-7,10-12,14-15,17,21-23,27-28,34,37-39,42H,2-4,8-9,13H2,1H3,(H2,31,32,33)/t15-,21-,22+,23-,27+,28?/m0/s1. The molecule has 1 aliphatic carbocycles. The van der Waals surface area contributed by atoms with Crippen LogP contribution < -0.4 is 16.4 Å². The molecule has 11 nitrogen and oxygen atoms in total. The van der Waals surface area contributed by atoms with E-state index in [1.54, 1.807) is 0 Å². The van der Waals surface area contributed by atoms with Crippen molar-refractivity contribution in [2.24, 2.45) is 0 Å². The van der Waals surface area contributed by atoms with Crippen LogP contribution in [-0.2, 0) is 9.47 Å². The van der Waals surface area contributed by atoms with E-state index in [4.69, 9.17) is 26.8 Å². The molecule has 1 saturated carbocycles. The fraction of sp³-hybridized carbons (Fsp3) is 0.483. The Morgan fingerprint density at radius 3 is 2.74 bits per heavy atom. The maximum atomic E-state index is 11.5. The Morgan fingerprint density at radius 2 is 1.93 bits per heavy atom. The molecule has 0 spiro atoms. The van der Waals surface area contributed by atoms with Gasteiger partial charge >= 0.3 is 0 Å². The predicted octanol–water partition coefficient (Wildman–Crippen LogP) is 3.31. The van der Waals surface area contributed by atoms with E-state index in [0.29, 0.717) is 12.7 Å². The number of nitrogen functional groups attached to an aromatic ring is 1. The Balaban J connectivity index is 1.23. The van der Waals surface area contributed by atoms with E-state index in [2.05, 4.69) is 27.2 Å². The quantitative estimate of drug-likeness (QED) is 0.140. The predicted molar refractivity (Wildman–Crippen MR) is 164 cm³/mol. The first kappa shape index (κ1) is 29.4. The third-order valence-corrected chi connectivity index (χ3v) is 9.78. The molecule has 2 aromatic heterocycles. The van der Waals surface area contributed by atoms with E-state index in [0.717, 1.165) is 34.6 Å². The number of aromatic nitrogens is 4. The number of halogens is 1. The van der Waals surface area contributed by atoms with Crippen molar-refractivity contribution in [2.45, 2.75) is 81.6 Å². The van der Waals surface area contributed by atoms with Crippen molar-refractivity contribution in [3.05, 3.63) is 48.0 Å².